The number of fused-ring (bicyclic) bond motifs is 2. The summed E-state index contributed by atoms with van der Waals surface area (Å²) in [6.45, 7) is 2.77. The van der Waals surface area contributed by atoms with Crippen LogP contribution in [0.15, 0.2) is 0 Å². The molecule has 1 saturated heterocycles. The predicted molar refractivity (Wildman–Crippen MR) is 73.1 cm³/mol. The van der Waals surface area contributed by atoms with E-state index >= 15 is 0 Å². The van der Waals surface area contributed by atoms with Crippen LogP contribution in [0.2, 0.25) is 0 Å². The van der Waals surface area contributed by atoms with E-state index in [1.54, 1.807) is 6.92 Å². The smallest absolute Gasteiger partial charge is 0.322 e. The lowest BCUT2D eigenvalue weighted by Crippen LogP contribution is -2.49. The number of Topliss-reactive ketones (excluding diaryl/α,β-unsaturated/α-hetero) is 1. The lowest BCUT2D eigenvalue weighted by Gasteiger charge is -2.37. The lowest BCUT2D eigenvalue weighted by atomic mass is 9.70. The van der Waals surface area contributed by atoms with Gasteiger partial charge in [0, 0.05) is 6.42 Å². The zero-order valence-corrected chi connectivity index (χ0v) is 12.2. The van der Waals surface area contributed by atoms with Gasteiger partial charge in [-0.3, -0.25) is 9.59 Å². The third-order valence-electron chi connectivity index (χ3n) is 5.52. The molecule has 3 fully saturated rings. The van der Waals surface area contributed by atoms with Crippen LogP contribution in [0, 0.1) is 23.2 Å². The standard InChI is InChI=1S/C16H24O4/c1-2-20-15(18)16(10-19-6-5-14(16)17)9-13-8-11-3-4-12(13)7-11/h11-13H,2-10H2,1H3. The molecule has 0 aromatic heterocycles. The second kappa shape index (κ2) is 5.47. The van der Waals surface area contributed by atoms with E-state index in [1.807, 2.05) is 0 Å². The Kier molecular flexibility index (Phi) is 3.85. The minimum Gasteiger partial charge on any atom is -0.465 e. The Hall–Kier alpha value is -0.900. The van der Waals surface area contributed by atoms with Crippen LogP contribution in [-0.4, -0.2) is 31.6 Å². The van der Waals surface area contributed by atoms with E-state index in [0.717, 1.165) is 5.92 Å². The van der Waals surface area contributed by atoms with Gasteiger partial charge in [0.15, 0.2) is 5.78 Å². The number of ether oxygens (including phenoxy) is 2. The van der Waals surface area contributed by atoms with Gasteiger partial charge in [-0.15, -0.1) is 0 Å². The van der Waals surface area contributed by atoms with E-state index in [1.165, 1.54) is 25.7 Å². The second-order valence-corrected chi connectivity index (χ2v) is 6.67. The Balaban J connectivity index is 1.78. The summed E-state index contributed by atoms with van der Waals surface area (Å²) in [6.07, 6.45) is 6.06. The van der Waals surface area contributed by atoms with Crippen molar-refractivity contribution in [1.29, 1.82) is 0 Å². The zero-order valence-electron chi connectivity index (χ0n) is 12.2. The Labute approximate surface area is 120 Å². The molecule has 2 aliphatic carbocycles. The Morgan fingerprint density at radius 1 is 1.40 bits per heavy atom. The van der Waals surface area contributed by atoms with E-state index in [2.05, 4.69) is 0 Å². The molecule has 2 saturated carbocycles. The molecule has 4 atom stereocenters. The molecule has 3 rings (SSSR count). The summed E-state index contributed by atoms with van der Waals surface area (Å²) in [5.74, 6) is 1.71. The van der Waals surface area contributed by atoms with Gasteiger partial charge in [-0.25, -0.2) is 0 Å². The van der Waals surface area contributed by atoms with Crippen molar-refractivity contribution >= 4 is 11.8 Å². The fourth-order valence-corrected chi connectivity index (χ4v) is 4.50. The third kappa shape index (κ3) is 2.28. The Morgan fingerprint density at radius 3 is 2.85 bits per heavy atom. The maximum Gasteiger partial charge on any atom is 0.322 e. The zero-order chi connectivity index (χ0) is 14.2. The van der Waals surface area contributed by atoms with Gasteiger partial charge >= 0.3 is 5.97 Å². The summed E-state index contributed by atoms with van der Waals surface area (Å²) in [6, 6.07) is 0. The molecule has 4 nitrogen and oxygen atoms in total. The predicted octanol–water partition coefficient (Wildman–Crippen LogP) is 2.35. The number of hydrogen-bond donors (Lipinski definition) is 0. The van der Waals surface area contributed by atoms with Crippen molar-refractivity contribution in [2.45, 2.75) is 45.4 Å². The van der Waals surface area contributed by atoms with Crippen molar-refractivity contribution < 1.29 is 19.1 Å². The van der Waals surface area contributed by atoms with E-state index in [0.29, 0.717) is 37.9 Å². The molecule has 1 heterocycles. The molecule has 112 valence electrons. The highest BCUT2D eigenvalue weighted by atomic mass is 16.5. The van der Waals surface area contributed by atoms with Gasteiger partial charge in [-0.05, 0) is 50.4 Å². The summed E-state index contributed by atoms with van der Waals surface area (Å²) in [5.41, 5.74) is -1.01. The van der Waals surface area contributed by atoms with Gasteiger partial charge in [-0.1, -0.05) is 6.42 Å². The molecular weight excluding hydrogens is 256 g/mol. The van der Waals surface area contributed by atoms with Crippen LogP contribution in [0.5, 0.6) is 0 Å². The first-order chi connectivity index (χ1) is 9.65. The molecule has 0 radical (unpaired) electrons. The number of ketones is 1. The first-order valence-electron chi connectivity index (χ1n) is 7.94. The highest BCUT2D eigenvalue weighted by Crippen LogP contribution is 2.52. The molecule has 1 aliphatic heterocycles. The molecule has 0 spiro atoms. The van der Waals surface area contributed by atoms with Crippen molar-refractivity contribution in [1.82, 2.24) is 0 Å². The van der Waals surface area contributed by atoms with Gasteiger partial charge in [-0.2, -0.15) is 0 Å². The fourth-order valence-electron chi connectivity index (χ4n) is 4.50. The number of carbonyl (C=O) groups excluding carboxylic acids is 2. The summed E-state index contributed by atoms with van der Waals surface area (Å²) in [5, 5.41) is 0. The van der Waals surface area contributed by atoms with Crippen molar-refractivity contribution in [2.24, 2.45) is 23.2 Å². The van der Waals surface area contributed by atoms with Gasteiger partial charge < -0.3 is 9.47 Å². The van der Waals surface area contributed by atoms with E-state index in [4.69, 9.17) is 9.47 Å². The minimum absolute atomic E-state index is 0.0324. The second-order valence-electron chi connectivity index (χ2n) is 6.67. The van der Waals surface area contributed by atoms with Crippen molar-refractivity contribution in [3.63, 3.8) is 0 Å². The van der Waals surface area contributed by atoms with Crippen molar-refractivity contribution in [2.75, 3.05) is 19.8 Å². The van der Waals surface area contributed by atoms with E-state index < -0.39 is 5.41 Å². The third-order valence-corrected chi connectivity index (χ3v) is 5.52. The largest absolute Gasteiger partial charge is 0.465 e. The molecule has 20 heavy (non-hydrogen) atoms. The van der Waals surface area contributed by atoms with E-state index in [9.17, 15) is 9.59 Å². The van der Waals surface area contributed by atoms with Crippen LogP contribution in [-0.2, 0) is 19.1 Å². The van der Waals surface area contributed by atoms with Crippen molar-refractivity contribution in [3.8, 4) is 0 Å². The maximum absolute atomic E-state index is 12.4. The lowest BCUT2D eigenvalue weighted by molar-refractivity contribution is -0.171. The summed E-state index contributed by atoms with van der Waals surface area (Å²) >= 11 is 0. The number of rotatable bonds is 4. The molecule has 0 amide bonds. The Bertz CT molecular complexity index is 405. The maximum atomic E-state index is 12.4. The molecule has 4 unspecified atom stereocenters. The number of hydrogen-bond acceptors (Lipinski definition) is 4. The Morgan fingerprint density at radius 2 is 2.25 bits per heavy atom. The highest BCUT2D eigenvalue weighted by Gasteiger charge is 2.53. The van der Waals surface area contributed by atoms with Gasteiger partial charge in [0.2, 0.25) is 0 Å². The first kappa shape index (κ1) is 14.1. The molecule has 4 heteroatoms. The van der Waals surface area contributed by atoms with Crippen LogP contribution in [0.4, 0.5) is 0 Å². The number of carbonyl (C=O) groups is 2. The molecule has 0 N–H and O–H groups in total. The average molecular weight is 280 g/mol. The SMILES string of the molecule is CCOC(=O)C1(CC2CC3CCC2C3)COCCC1=O. The molecule has 2 bridgehead atoms. The summed E-state index contributed by atoms with van der Waals surface area (Å²) in [4.78, 5) is 24.8. The molecule has 0 aromatic carbocycles. The van der Waals surface area contributed by atoms with Crippen LogP contribution in [0.1, 0.15) is 45.4 Å². The quantitative estimate of drug-likeness (QED) is 0.586. The topological polar surface area (TPSA) is 52.6 Å². The van der Waals surface area contributed by atoms with Crippen molar-refractivity contribution in [3.05, 3.63) is 0 Å². The van der Waals surface area contributed by atoms with Crippen LogP contribution < -0.4 is 0 Å². The monoisotopic (exact) mass is 280 g/mol. The molecule has 0 aromatic rings. The molecular formula is C16H24O4. The minimum atomic E-state index is -1.01. The summed E-state index contributed by atoms with van der Waals surface area (Å²) in [7, 11) is 0. The normalized spacial score (nSPS) is 40.0. The summed E-state index contributed by atoms with van der Waals surface area (Å²) < 4.78 is 10.7. The average Bonchev–Trinajstić information content (AvgIpc) is 3.04. The first-order valence-corrected chi connectivity index (χ1v) is 7.94. The van der Waals surface area contributed by atoms with Crippen LogP contribution in [0.25, 0.3) is 0 Å². The number of esters is 1. The van der Waals surface area contributed by atoms with Gasteiger partial charge in [0.25, 0.3) is 0 Å². The van der Waals surface area contributed by atoms with E-state index in [-0.39, 0.29) is 18.4 Å². The fraction of sp³-hybridized carbons (Fsp3) is 0.875. The van der Waals surface area contributed by atoms with Gasteiger partial charge in [0.1, 0.15) is 5.41 Å². The van der Waals surface area contributed by atoms with Crippen LogP contribution in [0.3, 0.4) is 0 Å². The van der Waals surface area contributed by atoms with Gasteiger partial charge in [0.05, 0.1) is 19.8 Å². The molecule has 3 aliphatic rings. The van der Waals surface area contributed by atoms with Crippen LogP contribution >= 0.6 is 0 Å². The highest BCUT2D eigenvalue weighted by molar-refractivity contribution is 6.04.